The molecule has 0 saturated carbocycles. The number of hydrogen-bond acceptors (Lipinski definition) is 2. The molecule has 19 heavy (non-hydrogen) atoms. The Bertz CT molecular complexity index is 516. The molecule has 0 aliphatic carbocycles. The first kappa shape index (κ1) is 13.2. The number of likely N-dealkylation sites (tertiary alicyclic amines) is 1. The maximum atomic E-state index is 11.9. The van der Waals surface area contributed by atoms with Crippen LogP contribution in [0.4, 0.5) is 0 Å². The third kappa shape index (κ3) is 2.57. The van der Waals surface area contributed by atoms with Crippen molar-refractivity contribution in [1.29, 1.82) is 0 Å². The standard InChI is InChI=1S/C14H19ClN2O2/c15-5-12(18)9-16-6-10-4-11(8-16)13-2-1-3-14(19)17(13)7-10/h1-3,10-12,18H,4-9H2/p+1. The van der Waals surface area contributed by atoms with E-state index in [-0.39, 0.29) is 5.56 Å². The zero-order valence-electron chi connectivity index (χ0n) is 10.9. The maximum absolute atomic E-state index is 11.9. The van der Waals surface area contributed by atoms with E-state index in [0.717, 1.165) is 19.6 Å². The van der Waals surface area contributed by atoms with Gasteiger partial charge in [0, 0.05) is 30.1 Å². The molecular formula is C14H20ClN2O2+. The lowest BCUT2D eigenvalue weighted by Crippen LogP contribution is -3.15. The van der Waals surface area contributed by atoms with E-state index in [1.165, 1.54) is 17.0 Å². The van der Waals surface area contributed by atoms with Crippen LogP contribution in [0.2, 0.25) is 0 Å². The molecule has 5 heteroatoms. The molecular weight excluding hydrogens is 264 g/mol. The number of alkyl halides is 1. The van der Waals surface area contributed by atoms with Crippen LogP contribution in [0.1, 0.15) is 18.0 Å². The topological polar surface area (TPSA) is 46.7 Å². The predicted molar refractivity (Wildman–Crippen MR) is 73.8 cm³/mol. The van der Waals surface area contributed by atoms with E-state index in [0.29, 0.717) is 24.3 Å². The number of pyridine rings is 1. The summed E-state index contributed by atoms with van der Waals surface area (Å²) in [7, 11) is 0. The van der Waals surface area contributed by atoms with Gasteiger partial charge in [-0.1, -0.05) is 6.07 Å². The van der Waals surface area contributed by atoms with Gasteiger partial charge in [-0.15, -0.1) is 11.6 Å². The summed E-state index contributed by atoms with van der Waals surface area (Å²) >= 11 is 5.68. The van der Waals surface area contributed by atoms with Crippen molar-refractivity contribution in [3.05, 3.63) is 34.2 Å². The first-order valence-electron chi connectivity index (χ1n) is 6.94. The van der Waals surface area contributed by atoms with E-state index >= 15 is 0 Å². The van der Waals surface area contributed by atoms with Crippen LogP contribution in [0.3, 0.4) is 0 Å². The summed E-state index contributed by atoms with van der Waals surface area (Å²) in [5.41, 5.74) is 1.29. The van der Waals surface area contributed by atoms with Crippen molar-refractivity contribution in [3.63, 3.8) is 0 Å². The van der Waals surface area contributed by atoms with Gasteiger partial charge in [0.15, 0.2) is 0 Å². The molecule has 1 aromatic heterocycles. The minimum absolute atomic E-state index is 0.122. The molecule has 3 rings (SSSR count). The lowest BCUT2D eigenvalue weighted by atomic mass is 9.83. The normalized spacial score (nSPS) is 30.7. The van der Waals surface area contributed by atoms with Gasteiger partial charge in [-0.05, 0) is 12.5 Å². The predicted octanol–water partition coefficient (Wildman–Crippen LogP) is -0.550. The third-order valence-electron chi connectivity index (χ3n) is 4.38. The average molecular weight is 284 g/mol. The molecule has 1 fully saturated rings. The molecule has 4 unspecified atom stereocenters. The molecule has 2 N–H and O–H groups in total. The molecule has 0 radical (unpaired) electrons. The molecule has 4 nitrogen and oxygen atoms in total. The van der Waals surface area contributed by atoms with Crippen molar-refractivity contribution >= 4 is 11.6 Å². The number of fused-ring (bicyclic) bond motifs is 4. The highest BCUT2D eigenvalue weighted by atomic mass is 35.5. The van der Waals surface area contributed by atoms with Crippen molar-refractivity contribution in [2.75, 3.05) is 25.5 Å². The highest BCUT2D eigenvalue weighted by molar-refractivity contribution is 6.18. The second-order valence-corrected chi connectivity index (χ2v) is 6.18. The SMILES string of the molecule is O=c1cccc2n1CC1CC2C[NH+](CC(O)CCl)C1. The fourth-order valence-corrected chi connectivity index (χ4v) is 3.78. The fraction of sp³-hybridized carbons (Fsp3) is 0.643. The van der Waals surface area contributed by atoms with E-state index < -0.39 is 6.10 Å². The Morgan fingerprint density at radius 3 is 3.11 bits per heavy atom. The third-order valence-corrected chi connectivity index (χ3v) is 4.73. The monoisotopic (exact) mass is 283 g/mol. The van der Waals surface area contributed by atoms with Gasteiger partial charge in [0.1, 0.15) is 12.6 Å². The van der Waals surface area contributed by atoms with Crippen molar-refractivity contribution < 1.29 is 10.0 Å². The number of hydrogen-bond donors (Lipinski definition) is 2. The molecule has 0 spiro atoms. The number of rotatable bonds is 3. The second-order valence-electron chi connectivity index (χ2n) is 5.87. The van der Waals surface area contributed by atoms with Gasteiger partial charge in [0.25, 0.3) is 5.56 Å². The van der Waals surface area contributed by atoms with E-state index in [9.17, 15) is 9.90 Å². The van der Waals surface area contributed by atoms with Crippen LogP contribution in [-0.2, 0) is 6.54 Å². The minimum Gasteiger partial charge on any atom is -0.386 e. The van der Waals surface area contributed by atoms with Gasteiger partial charge in [0.2, 0.25) is 0 Å². The first-order valence-corrected chi connectivity index (χ1v) is 7.48. The Morgan fingerprint density at radius 1 is 1.47 bits per heavy atom. The molecule has 2 aliphatic rings. The van der Waals surface area contributed by atoms with Crippen LogP contribution in [0.25, 0.3) is 0 Å². The zero-order chi connectivity index (χ0) is 13.4. The number of aliphatic hydroxyl groups excluding tert-OH is 1. The summed E-state index contributed by atoms with van der Waals surface area (Å²) in [4.78, 5) is 13.3. The summed E-state index contributed by atoms with van der Waals surface area (Å²) < 4.78 is 1.94. The smallest absolute Gasteiger partial charge is 0.250 e. The second kappa shape index (κ2) is 5.27. The lowest BCUT2D eigenvalue weighted by molar-refractivity contribution is -0.913. The molecule has 2 aliphatic heterocycles. The quantitative estimate of drug-likeness (QED) is 0.732. The Hall–Kier alpha value is -0.840. The first-order chi connectivity index (χ1) is 9.17. The van der Waals surface area contributed by atoms with Crippen molar-refractivity contribution in [2.24, 2.45) is 5.92 Å². The number of nitrogens with zero attached hydrogens (tertiary/aromatic N) is 1. The van der Waals surface area contributed by atoms with Crippen molar-refractivity contribution in [1.82, 2.24) is 4.57 Å². The van der Waals surface area contributed by atoms with Crippen molar-refractivity contribution in [2.45, 2.75) is 25.0 Å². The van der Waals surface area contributed by atoms with Gasteiger partial charge >= 0.3 is 0 Å². The largest absolute Gasteiger partial charge is 0.386 e. The fourth-order valence-electron chi connectivity index (χ4n) is 3.67. The average Bonchev–Trinajstić information content (AvgIpc) is 2.40. The van der Waals surface area contributed by atoms with Crippen LogP contribution in [-0.4, -0.2) is 41.3 Å². The molecule has 1 aromatic rings. The van der Waals surface area contributed by atoms with Crippen LogP contribution in [0, 0.1) is 5.92 Å². The summed E-state index contributed by atoms with van der Waals surface area (Å²) in [5.74, 6) is 1.29. The highest BCUT2D eigenvalue weighted by Gasteiger charge is 2.37. The molecule has 2 bridgehead atoms. The Kier molecular flexibility index (Phi) is 3.65. The number of piperidine rings is 1. The van der Waals surface area contributed by atoms with Gasteiger partial charge in [-0.2, -0.15) is 0 Å². The van der Waals surface area contributed by atoms with E-state index in [1.54, 1.807) is 6.07 Å². The number of quaternary nitrogens is 1. The van der Waals surface area contributed by atoms with E-state index in [1.807, 2.05) is 10.6 Å². The van der Waals surface area contributed by atoms with Gasteiger partial charge in [0.05, 0.1) is 19.0 Å². The number of aromatic nitrogens is 1. The minimum atomic E-state index is -0.423. The molecule has 0 aromatic carbocycles. The number of nitrogens with one attached hydrogen (secondary N) is 1. The summed E-state index contributed by atoms with van der Waals surface area (Å²) in [6.45, 7) is 3.57. The molecule has 104 valence electrons. The Morgan fingerprint density at radius 2 is 2.32 bits per heavy atom. The summed E-state index contributed by atoms with van der Waals surface area (Å²) in [6, 6.07) is 5.58. The molecule has 4 atom stereocenters. The molecule has 0 amide bonds. The van der Waals surface area contributed by atoms with Crippen LogP contribution < -0.4 is 10.5 Å². The maximum Gasteiger partial charge on any atom is 0.250 e. The van der Waals surface area contributed by atoms with Gasteiger partial charge in [-0.3, -0.25) is 4.79 Å². The van der Waals surface area contributed by atoms with E-state index in [2.05, 4.69) is 6.07 Å². The number of aliphatic hydroxyl groups is 1. The molecule has 1 saturated heterocycles. The van der Waals surface area contributed by atoms with Crippen LogP contribution in [0.5, 0.6) is 0 Å². The van der Waals surface area contributed by atoms with Gasteiger partial charge in [-0.25, -0.2) is 0 Å². The van der Waals surface area contributed by atoms with Gasteiger partial charge < -0.3 is 14.6 Å². The zero-order valence-corrected chi connectivity index (χ0v) is 11.6. The Balaban J connectivity index is 1.82. The molecule has 3 heterocycles. The van der Waals surface area contributed by atoms with Crippen LogP contribution in [0.15, 0.2) is 23.0 Å². The van der Waals surface area contributed by atoms with Crippen LogP contribution >= 0.6 is 11.6 Å². The summed E-state index contributed by atoms with van der Waals surface area (Å²) in [6.07, 6.45) is 0.748. The Labute approximate surface area is 117 Å². The summed E-state index contributed by atoms with van der Waals surface area (Å²) in [5, 5.41) is 9.70. The highest BCUT2D eigenvalue weighted by Crippen LogP contribution is 2.29. The van der Waals surface area contributed by atoms with Crippen molar-refractivity contribution in [3.8, 4) is 0 Å². The number of halogens is 1. The van der Waals surface area contributed by atoms with E-state index in [4.69, 9.17) is 11.6 Å². The lowest BCUT2D eigenvalue weighted by Gasteiger charge is -2.40.